The zero-order chi connectivity index (χ0) is 3.41. The monoisotopic (exact) mass is 135 g/mol. The molecule has 0 saturated carbocycles. The summed E-state index contributed by atoms with van der Waals surface area (Å²) >= 11 is -0.0648. The van der Waals surface area contributed by atoms with Crippen molar-refractivity contribution in [1.29, 1.82) is 0 Å². The van der Waals surface area contributed by atoms with Crippen LogP contribution in [0, 0.1) is 0 Å². The molecule has 0 aliphatic rings. The molecule has 0 fully saturated rings. The van der Waals surface area contributed by atoms with Gasteiger partial charge >= 0.3 is 51.4 Å². The van der Waals surface area contributed by atoms with Crippen LogP contribution in [0.2, 0.25) is 0 Å². The minimum absolute atomic E-state index is 0. The van der Waals surface area contributed by atoms with Crippen molar-refractivity contribution in [3.63, 3.8) is 0 Å². The predicted molar refractivity (Wildman–Crippen MR) is 16.6 cm³/mol. The zero-order valence-corrected chi connectivity index (χ0v) is 7.39. The third-order valence-corrected chi connectivity index (χ3v) is 0.250. The van der Waals surface area contributed by atoms with Crippen molar-refractivity contribution in [1.82, 2.24) is 0 Å². The molecule has 0 aromatic heterocycles. The Bertz CT molecular complexity index is 9.61. The summed E-state index contributed by atoms with van der Waals surface area (Å²) in [4.78, 5) is 0. The fraction of sp³-hybridized carbons (Fsp3) is 0. The van der Waals surface area contributed by atoms with Gasteiger partial charge in [0.25, 0.3) is 0 Å². The van der Waals surface area contributed by atoms with E-state index < -0.39 is 0 Å². The quantitative estimate of drug-likeness (QED) is 0.234. The van der Waals surface area contributed by atoms with Crippen LogP contribution in [0.25, 0.3) is 0 Å². The minimum Gasteiger partial charge on any atom is -0.788 e. The SMILES string of the molecule is [K+].[O]SS[O-]. The summed E-state index contributed by atoms with van der Waals surface area (Å²) in [5.74, 6) is 0. The second-order valence-corrected chi connectivity index (χ2v) is 1.22. The Hall–Kier alpha value is 2.26. The zero-order valence-electron chi connectivity index (χ0n) is 2.63. The molecule has 0 N–H and O–H groups in total. The number of hydrogen-bond acceptors (Lipinski definition) is 3. The average molecular weight is 135 g/mol. The fourth-order valence-corrected chi connectivity index (χ4v) is 0. The van der Waals surface area contributed by atoms with Gasteiger partial charge < -0.3 is 4.55 Å². The molecule has 0 aromatic carbocycles. The fourth-order valence-electron chi connectivity index (χ4n) is 0. The molecule has 0 heterocycles. The Morgan fingerprint density at radius 1 is 1.60 bits per heavy atom. The van der Waals surface area contributed by atoms with E-state index in [1.807, 2.05) is 0 Å². The van der Waals surface area contributed by atoms with Crippen LogP contribution in [0.15, 0.2) is 0 Å². The van der Waals surface area contributed by atoms with Crippen LogP contribution < -0.4 is 51.4 Å². The maximum absolute atomic E-state index is 8.87. The van der Waals surface area contributed by atoms with Crippen LogP contribution in [0.1, 0.15) is 0 Å². The van der Waals surface area contributed by atoms with E-state index in [0.29, 0.717) is 0 Å². The Morgan fingerprint density at radius 2 is 1.80 bits per heavy atom. The van der Waals surface area contributed by atoms with Gasteiger partial charge in [-0.2, -0.15) is 11.1 Å². The summed E-state index contributed by atoms with van der Waals surface area (Å²) in [5, 5.41) is 0. The Kier molecular flexibility index (Phi) is 19.6. The number of hydrogen-bond donors (Lipinski definition) is 0. The van der Waals surface area contributed by atoms with Crippen molar-refractivity contribution < 1.29 is 60.5 Å². The molecule has 0 aromatic rings. The second kappa shape index (κ2) is 9.54. The summed E-state index contributed by atoms with van der Waals surface area (Å²) in [7, 11) is 0. The van der Waals surface area contributed by atoms with E-state index in [0.717, 1.165) is 0 Å². The smallest absolute Gasteiger partial charge is 0.788 e. The number of rotatable bonds is 1. The molecule has 0 atom stereocenters. The molecule has 5 heavy (non-hydrogen) atoms. The molecule has 0 rings (SSSR count). The topological polar surface area (TPSA) is 43.0 Å². The van der Waals surface area contributed by atoms with E-state index in [2.05, 4.69) is 0 Å². The maximum Gasteiger partial charge on any atom is 1.00 e. The van der Waals surface area contributed by atoms with Gasteiger partial charge in [-0.15, -0.1) is 4.55 Å². The van der Waals surface area contributed by atoms with Crippen molar-refractivity contribution >= 4 is 22.1 Å². The van der Waals surface area contributed by atoms with Gasteiger partial charge in [0.1, 0.15) is 0 Å². The minimum atomic E-state index is -0.0324. The van der Waals surface area contributed by atoms with Gasteiger partial charge in [0.2, 0.25) is 0 Å². The molecule has 0 spiro atoms. The molecular formula is KO2S2. The third-order valence-electron chi connectivity index (χ3n) is 0.0278. The Morgan fingerprint density at radius 3 is 1.80 bits per heavy atom. The van der Waals surface area contributed by atoms with Gasteiger partial charge in [0, 0.05) is 0 Å². The van der Waals surface area contributed by atoms with Gasteiger partial charge in [-0.25, -0.2) is 0 Å². The molecule has 25 valence electrons. The molecule has 0 saturated heterocycles. The molecule has 0 aliphatic carbocycles. The second-order valence-electron chi connectivity index (χ2n) is 0.136. The molecule has 5 heteroatoms. The molecule has 1 radical (unpaired) electrons. The first-order chi connectivity index (χ1) is 1.91. The molecule has 2 nitrogen and oxygen atoms in total. The first-order valence-electron chi connectivity index (χ1n) is 0.500. The standard InChI is InChI=1S/K.HO2S2/c;1-3-4-2/h;1H/q+1;/p-1. The summed E-state index contributed by atoms with van der Waals surface area (Å²) in [6.45, 7) is 0. The van der Waals surface area contributed by atoms with Crippen molar-refractivity contribution in [2.75, 3.05) is 0 Å². The van der Waals surface area contributed by atoms with Crippen molar-refractivity contribution in [2.24, 2.45) is 0 Å². The van der Waals surface area contributed by atoms with Gasteiger partial charge in [0.15, 0.2) is 0 Å². The van der Waals surface area contributed by atoms with Crippen LogP contribution in [-0.2, 0) is 4.55 Å². The van der Waals surface area contributed by atoms with Gasteiger partial charge in [0.05, 0.1) is 11.1 Å². The van der Waals surface area contributed by atoms with Crippen LogP contribution in [0.3, 0.4) is 0 Å². The largest absolute Gasteiger partial charge is 1.00 e. The third kappa shape index (κ3) is 10.7. The Labute approximate surface area is 80.9 Å². The van der Waals surface area contributed by atoms with Crippen molar-refractivity contribution in [2.45, 2.75) is 0 Å². The maximum atomic E-state index is 8.87. The van der Waals surface area contributed by atoms with Crippen LogP contribution in [-0.4, -0.2) is 4.55 Å². The van der Waals surface area contributed by atoms with E-state index in [-0.39, 0.29) is 73.5 Å². The molecule has 0 aliphatic heterocycles. The first-order valence-corrected chi connectivity index (χ1v) is 2.50. The van der Waals surface area contributed by atoms with E-state index in [1.165, 1.54) is 0 Å². The molecule has 0 bridgehead atoms. The van der Waals surface area contributed by atoms with Crippen molar-refractivity contribution in [3.8, 4) is 0 Å². The van der Waals surface area contributed by atoms with Gasteiger partial charge in [-0.3, -0.25) is 0 Å². The van der Waals surface area contributed by atoms with Crippen molar-refractivity contribution in [3.05, 3.63) is 0 Å². The van der Waals surface area contributed by atoms with E-state index in [1.54, 1.807) is 0 Å². The van der Waals surface area contributed by atoms with Crippen LogP contribution in [0.4, 0.5) is 0 Å². The predicted octanol–water partition coefficient (Wildman–Crippen LogP) is -2.15. The summed E-state index contributed by atoms with van der Waals surface area (Å²) in [5.41, 5.74) is 0. The van der Waals surface area contributed by atoms with Gasteiger partial charge in [-0.1, -0.05) is 0 Å². The summed E-state index contributed by atoms with van der Waals surface area (Å²) < 4.78 is 17.7. The van der Waals surface area contributed by atoms with Crippen LogP contribution in [0.5, 0.6) is 0 Å². The van der Waals surface area contributed by atoms with Gasteiger partial charge in [-0.05, 0) is 0 Å². The van der Waals surface area contributed by atoms with Crippen LogP contribution >= 0.6 is 22.1 Å². The average Bonchev–Trinajstić information content (AvgIpc) is 1.37. The first kappa shape index (κ1) is 10.3. The molecule has 0 amide bonds. The van der Waals surface area contributed by atoms with E-state index >= 15 is 0 Å². The van der Waals surface area contributed by atoms with E-state index in [4.69, 9.17) is 9.11 Å². The molecular weight excluding hydrogens is 135 g/mol. The van der Waals surface area contributed by atoms with E-state index in [9.17, 15) is 0 Å². The summed E-state index contributed by atoms with van der Waals surface area (Å²) in [6, 6.07) is 0. The Balaban J connectivity index is 0. The summed E-state index contributed by atoms with van der Waals surface area (Å²) in [6.07, 6.45) is 0. The molecule has 0 unspecified atom stereocenters. The normalized spacial score (nSPS) is 6.00.